The maximum absolute atomic E-state index is 11.0. The van der Waals surface area contributed by atoms with Gasteiger partial charge in [-0.05, 0) is 33.1 Å². The maximum Gasteiger partial charge on any atom is 0.323 e. The summed E-state index contributed by atoms with van der Waals surface area (Å²) in [7, 11) is 0. The molecule has 100 valence electrons. The van der Waals surface area contributed by atoms with Gasteiger partial charge >= 0.3 is 5.97 Å². The third-order valence-corrected chi connectivity index (χ3v) is 3.05. The molecule has 0 bridgehead atoms. The minimum atomic E-state index is -1.11. The minimum absolute atomic E-state index is 0.0550. The highest BCUT2D eigenvalue weighted by molar-refractivity contribution is 5.78. The molecule has 1 aliphatic carbocycles. The van der Waals surface area contributed by atoms with Crippen LogP contribution in [0.3, 0.4) is 0 Å². The van der Waals surface area contributed by atoms with E-state index in [0.717, 1.165) is 12.8 Å². The molecule has 5 nitrogen and oxygen atoms in total. The van der Waals surface area contributed by atoms with Crippen molar-refractivity contribution in [2.75, 3.05) is 13.2 Å². The summed E-state index contributed by atoms with van der Waals surface area (Å²) < 4.78 is 11.0. The summed E-state index contributed by atoms with van der Waals surface area (Å²) in [6.07, 6.45) is 2.75. The lowest BCUT2D eigenvalue weighted by molar-refractivity contribution is -0.147. The van der Waals surface area contributed by atoms with Crippen LogP contribution < -0.4 is 5.73 Å². The maximum atomic E-state index is 11.0. The van der Waals surface area contributed by atoms with Gasteiger partial charge in [-0.2, -0.15) is 0 Å². The van der Waals surface area contributed by atoms with Crippen LogP contribution in [0.1, 0.15) is 39.5 Å². The van der Waals surface area contributed by atoms with E-state index in [1.54, 1.807) is 0 Å². The molecule has 2 atom stereocenters. The highest BCUT2D eigenvalue weighted by Crippen LogP contribution is 2.28. The number of hydrogen-bond acceptors (Lipinski definition) is 4. The molecular weight excluding hydrogens is 222 g/mol. The molecule has 0 heterocycles. The van der Waals surface area contributed by atoms with Gasteiger partial charge in [-0.1, -0.05) is 0 Å². The molecule has 0 amide bonds. The number of nitrogens with two attached hydrogens (primary N) is 1. The Kier molecular flexibility index (Phi) is 5.36. The third-order valence-electron chi connectivity index (χ3n) is 3.05. The van der Waals surface area contributed by atoms with Crippen LogP contribution in [-0.2, 0) is 14.3 Å². The second kappa shape index (κ2) is 6.33. The van der Waals surface area contributed by atoms with Gasteiger partial charge in [0.05, 0.1) is 25.4 Å². The Bertz CT molecular complexity index is 257. The molecule has 5 heteroatoms. The summed E-state index contributed by atoms with van der Waals surface area (Å²) in [5, 5.41) is 9.05. The molecular formula is C12H23NO4. The van der Waals surface area contributed by atoms with Crippen molar-refractivity contribution in [2.24, 2.45) is 5.73 Å². The van der Waals surface area contributed by atoms with Gasteiger partial charge in [0.15, 0.2) is 0 Å². The van der Waals surface area contributed by atoms with Crippen LogP contribution in [-0.4, -0.2) is 42.0 Å². The van der Waals surface area contributed by atoms with Crippen molar-refractivity contribution in [2.45, 2.75) is 57.3 Å². The van der Waals surface area contributed by atoms with Crippen LogP contribution in [0.4, 0.5) is 0 Å². The molecule has 17 heavy (non-hydrogen) atoms. The van der Waals surface area contributed by atoms with Crippen molar-refractivity contribution in [1.82, 2.24) is 0 Å². The van der Waals surface area contributed by atoms with E-state index in [2.05, 4.69) is 0 Å². The standard InChI is InChI=1S/C12H23NO4/c1-9(2)16-6-7-17-10-4-3-5-12(13,8-10)11(14)15/h9-10H,3-8,13H2,1-2H3,(H,14,15). The molecule has 1 saturated carbocycles. The normalized spacial score (nSPS) is 29.5. The molecule has 0 aromatic rings. The van der Waals surface area contributed by atoms with Gasteiger partial charge in [-0.15, -0.1) is 0 Å². The van der Waals surface area contributed by atoms with Gasteiger partial charge in [0.1, 0.15) is 5.54 Å². The van der Waals surface area contributed by atoms with Crippen molar-refractivity contribution in [3.05, 3.63) is 0 Å². The van der Waals surface area contributed by atoms with E-state index in [4.69, 9.17) is 20.3 Å². The number of carbonyl (C=O) groups is 1. The highest BCUT2D eigenvalue weighted by atomic mass is 16.5. The summed E-state index contributed by atoms with van der Waals surface area (Å²) in [6.45, 7) is 4.98. The number of carboxylic acids is 1. The van der Waals surface area contributed by atoms with E-state index in [9.17, 15) is 4.79 Å². The van der Waals surface area contributed by atoms with E-state index < -0.39 is 11.5 Å². The first kappa shape index (κ1) is 14.4. The minimum Gasteiger partial charge on any atom is -0.480 e. The molecule has 0 aliphatic heterocycles. The Morgan fingerprint density at radius 1 is 1.53 bits per heavy atom. The number of rotatable bonds is 6. The largest absolute Gasteiger partial charge is 0.480 e. The molecule has 1 fully saturated rings. The number of hydrogen-bond donors (Lipinski definition) is 2. The highest BCUT2D eigenvalue weighted by Gasteiger charge is 2.39. The first-order chi connectivity index (χ1) is 7.94. The molecule has 0 aromatic heterocycles. The lowest BCUT2D eigenvalue weighted by atomic mass is 9.81. The Hall–Kier alpha value is -0.650. The van der Waals surface area contributed by atoms with E-state index in [1.165, 1.54) is 0 Å². The predicted octanol–water partition coefficient (Wildman–Crippen LogP) is 1.15. The van der Waals surface area contributed by atoms with Crippen molar-refractivity contribution < 1.29 is 19.4 Å². The fraction of sp³-hybridized carbons (Fsp3) is 0.917. The first-order valence-electron chi connectivity index (χ1n) is 6.19. The number of aliphatic carboxylic acids is 1. The SMILES string of the molecule is CC(C)OCCOC1CCCC(N)(C(=O)O)C1. The van der Waals surface area contributed by atoms with Gasteiger partial charge in [-0.25, -0.2) is 0 Å². The Labute approximate surface area is 102 Å². The summed E-state index contributed by atoms with van der Waals surface area (Å²) in [5.74, 6) is -0.927. The molecule has 3 N–H and O–H groups in total. The summed E-state index contributed by atoms with van der Waals surface area (Å²) >= 11 is 0. The Morgan fingerprint density at radius 2 is 2.24 bits per heavy atom. The fourth-order valence-electron chi connectivity index (χ4n) is 2.09. The van der Waals surface area contributed by atoms with Crippen LogP contribution in [0.25, 0.3) is 0 Å². The van der Waals surface area contributed by atoms with Crippen LogP contribution >= 0.6 is 0 Å². The number of carboxylic acid groups (broad SMARTS) is 1. The van der Waals surface area contributed by atoms with Crippen molar-refractivity contribution >= 4 is 5.97 Å². The predicted molar refractivity (Wildman–Crippen MR) is 63.9 cm³/mol. The van der Waals surface area contributed by atoms with Crippen LogP contribution in [0.5, 0.6) is 0 Å². The van der Waals surface area contributed by atoms with Crippen molar-refractivity contribution in [3.8, 4) is 0 Å². The monoisotopic (exact) mass is 245 g/mol. The van der Waals surface area contributed by atoms with E-state index >= 15 is 0 Å². The molecule has 1 rings (SSSR count). The van der Waals surface area contributed by atoms with Crippen LogP contribution in [0.15, 0.2) is 0 Å². The molecule has 2 unspecified atom stereocenters. The van der Waals surface area contributed by atoms with Gasteiger partial charge in [0, 0.05) is 6.42 Å². The lowest BCUT2D eigenvalue weighted by Gasteiger charge is -2.34. The zero-order valence-corrected chi connectivity index (χ0v) is 10.6. The summed E-state index contributed by atoms with van der Waals surface area (Å²) in [4.78, 5) is 11.0. The Morgan fingerprint density at radius 3 is 2.82 bits per heavy atom. The van der Waals surface area contributed by atoms with Crippen molar-refractivity contribution in [3.63, 3.8) is 0 Å². The smallest absolute Gasteiger partial charge is 0.323 e. The zero-order valence-electron chi connectivity index (χ0n) is 10.6. The number of ether oxygens (including phenoxy) is 2. The van der Waals surface area contributed by atoms with E-state index in [-0.39, 0.29) is 12.2 Å². The topological polar surface area (TPSA) is 81.8 Å². The average molecular weight is 245 g/mol. The van der Waals surface area contributed by atoms with Gasteiger partial charge in [0.25, 0.3) is 0 Å². The molecule has 0 saturated heterocycles. The molecule has 0 aromatic carbocycles. The quantitative estimate of drug-likeness (QED) is 0.686. The van der Waals surface area contributed by atoms with Crippen molar-refractivity contribution in [1.29, 1.82) is 0 Å². The van der Waals surface area contributed by atoms with E-state index in [1.807, 2.05) is 13.8 Å². The molecule has 0 radical (unpaired) electrons. The van der Waals surface area contributed by atoms with Gasteiger partial charge in [0.2, 0.25) is 0 Å². The van der Waals surface area contributed by atoms with E-state index in [0.29, 0.717) is 26.1 Å². The summed E-state index contributed by atoms with van der Waals surface area (Å²) in [6, 6.07) is 0. The lowest BCUT2D eigenvalue weighted by Crippen LogP contribution is -2.52. The van der Waals surface area contributed by atoms with Crippen LogP contribution in [0.2, 0.25) is 0 Å². The first-order valence-corrected chi connectivity index (χ1v) is 6.19. The zero-order chi connectivity index (χ0) is 12.9. The fourth-order valence-corrected chi connectivity index (χ4v) is 2.09. The van der Waals surface area contributed by atoms with Gasteiger partial charge in [-0.3, -0.25) is 4.79 Å². The second-order valence-corrected chi connectivity index (χ2v) is 4.97. The molecule has 1 aliphatic rings. The molecule has 0 spiro atoms. The van der Waals surface area contributed by atoms with Gasteiger partial charge < -0.3 is 20.3 Å². The second-order valence-electron chi connectivity index (χ2n) is 4.97. The average Bonchev–Trinajstić information content (AvgIpc) is 2.24. The van der Waals surface area contributed by atoms with Crippen LogP contribution in [0, 0.1) is 0 Å². The summed E-state index contributed by atoms with van der Waals surface area (Å²) in [5.41, 5.74) is 4.72. The Balaban J connectivity index is 2.28. The third kappa shape index (κ3) is 4.61.